The summed E-state index contributed by atoms with van der Waals surface area (Å²) in [6.45, 7) is 0.741. The molecule has 1 aromatic carbocycles. The standard InChI is InChI=1S/C16H23N3O4/c17-10-2-1-3-15(18-13-6-7-13)16(20)23-11-12-4-8-14(9-5-12)19(21)22/h4-5,8-9,13,15,18H,1-3,6-7,10-11,17H2/t15-/m0/s1. The number of hydrogen-bond donors (Lipinski definition) is 2. The molecule has 1 aliphatic rings. The summed E-state index contributed by atoms with van der Waals surface area (Å²) in [4.78, 5) is 22.4. The van der Waals surface area contributed by atoms with Gasteiger partial charge in [-0.3, -0.25) is 14.9 Å². The van der Waals surface area contributed by atoms with Crippen LogP contribution in [0.2, 0.25) is 0 Å². The molecule has 0 aromatic heterocycles. The zero-order valence-electron chi connectivity index (χ0n) is 13.1. The van der Waals surface area contributed by atoms with Gasteiger partial charge in [0.25, 0.3) is 5.69 Å². The molecule has 0 heterocycles. The molecular weight excluding hydrogens is 298 g/mol. The van der Waals surface area contributed by atoms with Crippen LogP contribution >= 0.6 is 0 Å². The first-order chi connectivity index (χ1) is 11.1. The Kier molecular flexibility index (Phi) is 6.49. The van der Waals surface area contributed by atoms with Crippen molar-refractivity contribution in [3.63, 3.8) is 0 Å². The first-order valence-corrected chi connectivity index (χ1v) is 7.96. The molecule has 7 nitrogen and oxygen atoms in total. The Labute approximate surface area is 135 Å². The first-order valence-electron chi connectivity index (χ1n) is 7.96. The second kappa shape index (κ2) is 8.59. The SMILES string of the molecule is NCCCC[C@H](NC1CC1)C(=O)OCc1ccc([N+](=O)[O-])cc1. The molecule has 0 radical (unpaired) electrons. The second-order valence-electron chi connectivity index (χ2n) is 5.81. The fraction of sp³-hybridized carbons (Fsp3) is 0.562. The molecule has 0 saturated heterocycles. The van der Waals surface area contributed by atoms with Gasteiger partial charge in [0.05, 0.1) is 4.92 Å². The molecule has 0 spiro atoms. The molecule has 3 N–H and O–H groups in total. The van der Waals surface area contributed by atoms with Gasteiger partial charge in [-0.25, -0.2) is 0 Å². The molecule has 1 aliphatic carbocycles. The minimum absolute atomic E-state index is 0.0233. The van der Waals surface area contributed by atoms with Gasteiger partial charge in [0.1, 0.15) is 12.6 Å². The normalized spacial score (nSPS) is 15.2. The highest BCUT2D eigenvalue weighted by atomic mass is 16.6. The zero-order chi connectivity index (χ0) is 16.7. The highest BCUT2D eigenvalue weighted by molar-refractivity contribution is 5.75. The third-order valence-electron chi connectivity index (χ3n) is 3.77. The van der Waals surface area contributed by atoms with Crippen LogP contribution < -0.4 is 11.1 Å². The predicted octanol–water partition coefficient (Wildman–Crippen LogP) is 1.89. The van der Waals surface area contributed by atoms with Crippen LogP contribution in [0, 0.1) is 10.1 Å². The van der Waals surface area contributed by atoms with E-state index in [1.54, 1.807) is 12.1 Å². The second-order valence-corrected chi connectivity index (χ2v) is 5.81. The van der Waals surface area contributed by atoms with Gasteiger partial charge in [0.15, 0.2) is 0 Å². The number of nitrogens with one attached hydrogen (secondary N) is 1. The van der Waals surface area contributed by atoms with Crippen molar-refractivity contribution < 1.29 is 14.5 Å². The summed E-state index contributed by atoms with van der Waals surface area (Å²) in [6.07, 6.45) is 4.69. The number of nitrogens with zero attached hydrogens (tertiary/aromatic N) is 1. The maximum atomic E-state index is 12.2. The van der Waals surface area contributed by atoms with Crippen molar-refractivity contribution in [2.75, 3.05) is 6.54 Å². The number of esters is 1. The molecule has 0 aliphatic heterocycles. The minimum Gasteiger partial charge on any atom is -0.460 e. The first kappa shape index (κ1) is 17.4. The Bertz CT molecular complexity index is 529. The van der Waals surface area contributed by atoms with Crippen LogP contribution in [0.1, 0.15) is 37.7 Å². The van der Waals surface area contributed by atoms with E-state index < -0.39 is 4.92 Å². The number of non-ortho nitro benzene ring substituents is 1. The van der Waals surface area contributed by atoms with Crippen molar-refractivity contribution in [3.8, 4) is 0 Å². The van der Waals surface area contributed by atoms with Crippen molar-refractivity contribution in [2.24, 2.45) is 5.73 Å². The van der Waals surface area contributed by atoms with E-state index in [9.17, 15) is 14.9 Å². The van der Waals surface area contributed by atoms with Gasteiger partial charge in [-0.15, -0.1) is 0 Å². The maximum absolute atomic E-state index is 12.2. The lowest BCUT2D eigenvalue weighted by Crippen LogP contribution is -2.39. The van der Waals surface area contributed by atoms with E-state index in [1.165, 1.54) is 12.1 Å². The molecule has 126 valence electrons. The van der Waals surface area contributed by atoms with Crippen molar-refractivity contribution in [2.45, 2.75) is 50.8 Å². The van der Waals surface area contributed by atoms with E-state index >= 15 is 0 Å². The number of rotatable bonds is 10. The van der Waals surface area contributed by atoms with E-state index in [0.29, 0.717) is 19.0 Å². The number of carbonyl (C=O) groups excluding carboxylic acids is 1. The van der Waals surface area contributed by atoms with E-state index in [2.05, 4.69) is 5.32 Å². The number of benzene rings is 1. The molecule has 1 fully saturated rings. The highest BCUT2D eigenvalue weighted by Crippen LogP contribution is 2.21. The Hall–Kier alpha value is -1.99. The van der Waals surface area contributed by atoms with E-state index in [1.807, 2.05) is 0 Å². The van der Waals surface area contributed by atoms with Crippen LogP contribution in [-0.4, -0.2) is 29.5 Å². The summed E-state index contributed by atoms with van der Waals surface area (Å²) in [5, 5.41) is 13.9. The van der Waals surface area contributed by atoms with Gasteiger partial charge in [0.2, 0.25) is 0 Å². The Morgan fingerprint density at radius 1 is 1.35 bits per heavy atom. The Morgan fingerprint density at radius 2 is 2.04 bits per heavy atom. The van der Waals surface area contributed by atoms with Crippen LogP contribution in [0.5, 0.6) is 0 Å². The largest absolute Gasteiger partial charge is 0.460 e. The van der Waals surface area contributed by atoms with Crippen LogP contribution in [0.4, 0.5) is 5.69 Å². The number of carbonyl (C=O) groups is 1. The molecule has 1 aromatic rings. The lowest BCUT2D eigenvalue weighted by molar-refractivity contribution is -0.384. The molecular formula is C16H23N3O4. The summed E-state index contributed by atoms with van der Waals surface area (Å²) in [6, 6.07) is 6.14. The predicted molar refractivity (Wildman–Crippen MR) is 85.7 cm³/mol. The smallest absolute Gasteiger partial charge is 0.323 e. The van der Waals surface area contributed by atoms with E-state index in [4.69, 9.17) is 10.5 Å². The number of nitro groups is 1. The number of unbranched alkanes of at least 4 members (excludes halogenated alkanes) is 1. The van der Waals surface area contributed by atoms with Crippen LogP contribution in [0.3, 0.4) is 0 Å². The molecule has 1 saturated carbocycles. The Balaban J connectivity index is 1.83. The molecule has 23 heavy (non-hydrogen) atoms. The molecule has 1 atom stereocenters. The number of nitrogens with two attached hydrogens (primary N) is 1. The lowest BCUT2D eigenvalue weighted by Gasteiger charge is -2.17. The fourth-order valence-corrected chi connectivity index (χ4v) is 2.27. The highest BCUT2D eigenvalue weighted by Gasteiger charge is 2.28. The van der Waals surface area contributed by atoms with Gasteiger partial charge in [-0.05, 0) is 49.9 Å². The van der Waals surface area contributed by atoms with Crippen molar-refractivity contribution >= 4 is 11.7 Å². The third kappa shape index (κ3) is 5.96. The fourth-order valence-electron chi connectivity index (χ4n) is 2.27. The summed E-state index contributed by atoms with van der Waals surface area (Å²) in [5.74, 6) is -0.271. The monoisotopic (exact) mass is 321 g/mol. The van der Waals surface area contributed by atoms with Crippen molar-refractivity contribution in [1.82, 2.24) is 5.32 Å². The number of nitro benzene ring substituents is 1. The van der Waals surface area contributed by atoms with Gasteiger partial charge in [0, 0.05) is 18.2 Å². The molecule has 0 amide bonds. The van der Waals surface area contributed by atoms with Crippen LogP contribution in [0.25, 0.3) is 0 Å². The summed E-state index contributed by atoms with van der Waals surface area (Å²) < 4.78 is 5.35. The summed E-state index contributed by atoms with van der Waals surface area (Å²) in [7, 11) is 0. The number of ether oxygens (including phenoxy) is 1. The maximum Gasteiger partial charge on any atom is 0.323 e. The van der Waals surface area contributed by atoms with E-state index in [0.717, 1.165) is 31.2 Å². The molecule has 0 unspecified atom stereocenters. The average molecular weight is 321 g/mol. The topological polar surface area (TPSA) is 107 Å². The van der Waals surface area contributed by atoms with Gasteiger partial charge >= 0.3 is 5.97 Å². The van der Waals surface area contributed by atoms with Crippen molar-refractivity contribution in [1.29, 1.82) is 0 Å². The zero-order valence-corrected chi connectivity index (χ0v) is 13.1. The summed E-state index contributed by atoms with van der Waals surface area (Å²) >= 11 is 0. The van der Waals surface area contributed by atoms with Crippen LogP contribution in [-0.2, 0) is 16.1 Å². The van der Waals surface area contributed by atoms with Crippen molar-refractivity contribution in [3.05, 3.63) is 39.9 Å². The minimum atomic E-state index is -0.456. The quantitative estimate of drug-likeness (QED) is 0.295. The average Bonchev–Trinajstić information content (AvgIpc) is 3.36. The molecule has 0 bridgehead atoms. The third-order valence-corrected chi connectivity index (χ3v) is 3.77. The van der Waals surface area contributed by atoms with Gasteiger partial charge in [-0.2, -0.15) is 0 Å². The summed E-state index contributed by atoms with van der Waals surface area (Å²) in [5.41, 5.74) is 6.24. The van der Waals surface area contributed by atoms with E-state index in [-0.39, 0.29) is 24.3 Å². The molecule has 2 rings (SSSR count). The van der Waals surface area contributed by atoms with Gasteiger partial charge in [-0.1, -0.05) is 6.42 Å². The lowest BCUT2D eigenvalue weighted by atomic mass is 10.1. The molecule has 7 heteroatoms. The number of hydrogen-bond acceptors (Lipinski definition) is 6. The van der Waals surface area contributed by atoms with Gasteiger partial charge < -0.3 is 15.8 Å². The van der Waals surface area contributed by atoms with Crippen LogP contribution in [0.15, 0.2) is 24.3 Å². The Morgan fingerprint density at radius 3 is 2.61 bits per heavy atom.